The van der Waals surface area contributed by atoms with Crippen LogP contribution in [0.25, 0.3) is 0 Å². The molecule has 1 aromatic rings. The number of amides is 2. The third-order valence-electron chi connectivity index (χ3n) is 4.26. The van der Waals surface area contributed by atoms with Gasteiger partial charge >= 0.3 is 18.2 Å². The second-order valence-corrected chi connectivity index (χ2v) is 6.29. The van der Waals surface area contributed by atoms with Crippen molar-refractivity contribution in [2.75, 3.05) is 26.7 Å². The van der Waals surface area contributed by atoms with E-state index in [0.29, 0.717) is 11.5 Å². The third kappa shape index (κ3) is 5.41. The highest BCUT2D eigenvalue weighted by atomic mass is 19.4. The van der Waals surface area contributed by atoms with Gasteiger partial charge in [-0.3, -0.25) is 4.79 Å². The molecule has 2 amide bonds. The first-order valence-electron chi connectivity index (χ1n) is 8.24. The Labute approximate surface area is 154 Å². The Morgan fingerprint density at radius 1 is 1.33 bits per heavy atom. The fourth-order valence-corrected chi connectivity index (χ4v) is 2.84. The van der Waals surface area contributed by atoms with Crippen LogP contribution in [0.2, 0.25) is 0 Å². The van der Waals surface area contributed by atoms with E-state index in [-0.39, 0.29) is 6.54 Å². The zero-order valence-corrected chi connectivity index (χ0v) is 14.8. The van der Waals surface area contributed by atoms with E-state index in [1.807, 2.05) is 0 Å². The summed E-state index contributed by atoms with van der Waals surface area (Å²) in [6.45, 7) is 0.553. The highest BCUT2D eigenvalue weighted by Gasteiger charge is 2.53. The van der Waals surface area contributed by atoms with Gasteiger partial charge < -0.3 is 24.8 Å². The summed E-state index contributed by atoms with van der Waals surface area (Å²) in [6, 6.07) is 6.07. The first-order valence-corrected chi connectivity index (χ1v) is 8.24. The van der Waals surface area contributed by atoms with Gasteiger partial charge in [0.15, 0.2) is 0 Å². The van der Waals surface area contributed by atoms with Gasteiger partial charge in [0.05, 0.1) is 25.5 Å². The highest BCUT2D eigenvalue weighted by Crippen LogP contribution is 2.37. The Hall–Kier alpha value is -2.65. The molecule has 1 unspecified atom stereocenters. The maximum atomic E-state index is 13.0. The summed E-state index contributed by atoms with van der Waals surface area (Å²) in [5.41, 5.74) is 0. The molecular formula is C17H21F3N2O5. The van der Waals surface area contributed by atoms with Crippen LogP contribution in [0.1, 0.15) is 6.92 Å². The summed E-state index contributed by atoms with van der Waals surface area (Å²) in [5.74, 6) is -4.20. The van der Waals surface area contributed by atoms with Gasteiger partial charge in [-0.2, -0.15) is 13.2 Å². The molecule has 1 heterocycles. The van der Waals surface area contributed by atoms with Gasteiger partial charge in [-0.05, 0) is 19.1 Å². The molecule has 0 bridgehead atoms. The van der Waals surface area contributed by atoms with E-state index in [1.165, 1.54) is 7.11 Å². The summed E-state index contributed by atoms with van der Waals surface area (Å²) >= 11 is 0. The number of methoxy groups -OCH3 is 1. The summed E-state index contributed by atoms with van der Waals surface area (Å²) in [6.07, 6.45) is -5.14. The van der Waals surface area contributed by atoms with E-state index >= 15 is 0 Å². The first-order chi connectivity index (χ1) is 12.6. The van der Waals surface area contributed by atoms with Crippen LogP contribution in [0.5, 0.6) is 11.5 Å². The molecule has 0 aliphatic carbocycles. The van der Waals surface area contributed by atoms with Crippen LogP contribution in [0.4, 0.5) is 18.0 Å². The Bertz CT molecular complexity index is 683. The lowest BCUT2D eigenvalue weighted by Crippen LogP contribution is -2.43. The van der Waals surface area contributed by atoms with E-state index in [9.17, 15) is 22.8 Å². The normalized spacial score (nSPS) is 20.9. The quantitative estimate of drug-likeness (QED) is 0.779. The number of carbonyl (C=O) groups excluding carboxylic acids is 1. The predicted molar refractivity (Wildman–Crippen MR) is 88.7 cm³/mol. The number of rotatable bonds is 6. The first kappa shape index (κ1) is 20.7. The number of aliphatic carboxylic acids is 1. The van der Waals surface area contributed by atoms with Crippen molar-refractivity contribution in [3.63, 3.8) is 0 Å². The molecule has 1 fully saturated rings. The van der Waals surface area contributed by atoms with Crippen molar-refractivity contribution < 1.29 is 37.3 Å². The average molecular weight is 390 g/mol. The number of nitrogens with one attached hydrogen (secondary N) is 1. The smallest absolute Gasteiger partial charge is 0.394 e. The molecular weight excluding hydrogens is 369 g/mol. The number of hydrogen-bond donors (Lipinski definition) is 2. The highest BCUT2D eigenvalue weighted by molar-refractivity contribution is 5.77. The van der Waals surface area contributed by atoms with Crippen LogP contribution in [0.15, 0.2) is 24.3 Å². The predicted octanol–water partition coefficient (Wildman–Crippen LogP) is 2.37. The van der Waals surface area contributed by atoms with E-state index in [2.05, 4.69) is 5.32 Å². The van der Waals surface area contributed by atoms with Crippen LogP contribution in [0, 0.1) is 11.8 Å². The molecule has 1 saturated heterocycles. The lowest BCUT2D eigenvalue weighted by Gasteiger charge is -2.20. The lowest BCUT2D eigenvalue weighted by atomic mass is 9.96. The maximum Gasteiger partial charge on any atom is 0.394 e. The molecule has 2 rings (SSSR count). The molecule has 27 heavy (non-hydrogen) atoms. The number of carboxylic acids is 1. The molecule has 7 nitrogen and oxygen atoms in total. The zero-order chi connectivity index (χ0) is 20.2. The van der Waals surface area contributed by atoms with Crippen molar-refractivity contribution in [2.24, 2.45) is 11.8 Å². The third-order valence-corrected chi connectivity index (χ3v) is 4.26. The number of alkyl halides is 3. The van der Waals surface area contributed by atoms with Gasteiger partial charge in [0.2, 0.25) is 0 Å². The minimum atomic E-state index is -4.68. The average Bonchev–Trinajstić information content (AvgIpc) is 3.06. The molecule has 0 aromatic heterocycles. The van der Waals surface area contributed by atoms with Gasteiger partial charge in [-0.1, -0.05) is 6.07 Å². The van der Waals surface area contributed by atoms with Crippen molar-refractivity contribution >= 4 is 12.0 Å². The van der Waals surface area contributed by atoms with Crippen molar-refractivity contribution in [1.29, 1.82) is 0 Å². The molecule has 2 N–H and O–H groups in total. The molecule has 3 atom stereocenters. The number of carboxylic acid groups (broad SMARTS) is 1. The molecule has 0 saturated carbocycles. The second-order valence-electron chi connectivity index (χ2n) is 6.29. The number of urea groups is 1. The van der Waals surface area contributed by atoms with Crippen LogP contribution in [-0.2, 0) is 4.79 Å². The van der Waals surface area contributed by atoms with Crippen molar-refractivity contribution in [3.8, 4) is 11.5 Å². The maximum absolute atomic E-state index is 13.0. The van der Waals surface area contributed by atoms with Gasteiger partial charge in [0.25, 0.3) is 0 Å². The summed E-state index contributed by atoms with van der Waals surface area (Å²) < 4.78 is 49.6. The van der Waals surface area contributed by atoms with Crippen LogP contribution in [0.3, 0.4) is 0 Å². The molecule has 10 heteroatoms. The van der Waals surface area contributed by atoms with Crippen LogP contribution < -0.4 is 14.8 Å². The monoisotopic (exact) mass is 390 g/mol. The number of halogens is 3. The summed E-state index contributed by atoms with van der Waals surface area (Å²) in [7, 11) is 1.51. The summed E-state index contributed by atoms with van der Waals surface area (Å²) in [4.78, 5) is 24.1. The minimum absolute atomic E-state index is 0.0426. The Morgan fingerprint density at radius 2 is 2.00 bits per heavy atom. The Kier molecular flexibility index (Phi) is 6.40. The molecule has 1 aromatic carbocycles. The van der Waals surface area contributed by atoms with Crippen LogP contribution in [-0.4, -0.2) is 61.0 Å². The number of carbonyl (C=O) groups is 2. The molecule has 150 valence electrons. The molecule has 0 radical (unpaired) electrons. The van der Waals surface area contributed by atoms with Crippen molar-refractivity contribution in [2.45, 2.75) is 19.2 Å². The Balaban J connectivity index is 1.88. The van der Waals surface area contributed by atoms with Gasteiger partial charge in [-0.25, -0.2) is 4.79 Å². The number of nitrogens with zero attached hydrogens (tertiary/aromatic N) is 1. The topological polar surface area (TPSA) is 88.1 Å². The van der Waals surface area contributed by atoms with E-state index in [4.69, 9.17) is 14.6 Å². The number of likely N-dealkylation sites (tertiary alicyclic amines) is 1. The Morgan fingerprint density at radius 3 is 2.56 bits per heavy atom. The van der Waals surface area contributed by atoms with Crippen molar-refractivity contribution in [3.05, 3.63) is 24.3 Å². The number of benzene rings is 1. The van der Waals surface area contributed by atoms with Gasteiger partial charge in [0.1, 0.15) is 17.6 Å². The second kappa shape index (κ2) is 8.36. The van der Waals surface area contributed by atoms with E-state index in [1.54, 1.807) is 31.2 Å². The minimum Gasteiger partial charge on any atom is -0.497 e. The molecule has 1 aliphatic heterocycles. The van der Waals surface area contributed by atoms with Crippen molar-refractivity contribution in [1.82, 2.24) is 10.2 Å². The summed E-state index contributed by atoms with van der Waals surface area (Å²) in [5, 5.41) is 11.5. The zero-order valence-electron chi connectivity index (χ0n) is 14.8. The molecule has 1 aliphatic rings. The number of ether oxygens (including phenoxy) is 2. The van der Waals surface area contributed by atoms with Gasteiger partial charge in [-0.15, -0.1) is 0 Å². The lowest BCUT2D eigenvalue weighted by molar-refractivity contribution is -0.187. The fraction of sp³-hybridized carbons (Fsp3) is 0.529. The standard InChI is InChI=1S/C17H21F3N2O5/c1-10(27-12-5-3-4-11(6-12)26-2)7-21-16(25)22-8-13(15(23)24)14(9-22)17(18,19)20/h3-6,10,13-14H,7-9H2,1-2H3,(H,21,25)(H,23,24)/t10?,13-,14-/m1/s1. The van der Waals surface area contributed by atoms with E-state index in [0.717, 1.165) is 4.90 Å². The van der Waals surface area contributed by atoms with Gasteiger partial charge in [0, 0.05) is 19.2 Å². The molecule has 0 spiro atoms. The SMILES string of the molecule is COc1cccc(OC(C)CNC(=O)N2C[C@@H](C(F)(F)F)[C@H](C(=O)O)C2)c1. The fourth-order valence-electron chi connectivity index (χ4n) is 2.84. The number of hydrogen-bond acceptors (Lipinski definition) is 4. The van der Waals surface area contributed by atoms with E-state index < -0.39 is 49.2 Å². The van der Waals surface area contributed by atoms with Crippen LogP contribution >= 0.6 is 0 Å². The largest absolute Gasteiger partial charge is 0.497 e.